The third-order valence-electron chi connectivity index (χ3n) is 4.80. The van der Waals surface area contributed by atoms with E-state index in [0.29, 0.717) is 23.2 Å². The minimum Gasteiger partial charge on any atom is -0.368 e. The van der Waals surface area contributed by atoms with Crippen LogP contribution in [-0.2, 0) is 19.1 Å². The number of nitrogen functional groups attached to an aromatic ring is 1. The molecule has 3 heterocycles. The van der Waals surface area contributed by atoms with Crippen molar-refractivity contribution < 1.29 is 18.0 Å². The molecule has 1 aromatic carbocycles. The molecule has 3 N–H and O–H groups in total. The van der Waals surface area contributed by atoms with E-state index in [0.717, 1.165) is 6.07 Å². The minimum atomic E-state index is -4.59. The lowest BCUT2D eigenvalue weighted by atomic mass is 10.0. The number of halogens is 3. The zero-order valence-corrected chi connectivity index (χ0v) is 15.6. The maximum Gasteiger partial charge on any atom is 0.418 e. The van der Waals surface area contributed by atoms with E-state index in [9.17, 15) is 18.0 Å². The largest absolute Gasteiger partial charge is 0.418 e. The average molecular weight is 414 g/mol. The normalized spacial score (nSPS) is 13.6. The fourth-order valence-electron chi connectivity index (χ4n) is 3.43. The van der Waals surface area contributed by atoms with Crippen molar-refractivity contribution in [2.75, 3.05) is 22.5 Å². The summed E-state index contributed by atoms with van der Waals surface area (Å²) in [5.74, 6) is -0.394. The summed E-state index contributed by atoms with van der Waals surface area (Å²) in [4.78, 5) is 26.1. The number of anilines is 3. The molecule has 0 fully saturated rings. The summed E-state index contributed by atoms with van der Waals surface area (Å²) >= 11 is 0. The van der Waals surface area contributed by atoms with Gasteiger partial charge in [-0.15, -0.1) is 0 Å². The summed E-state index contributed by atoms with van der Waals surface area (Å²) in [7, 11) is 0. The maximum absolute atomic E-state index is 13.8. The smallest absolute Gasteiger partial charge is 0.368 e. The van der Waals surface area contributed by atoms with Gasteiger partial charge in [0.25, 0.3) is 5.91 Å². The van der Waals surface area contributed by atoms with E-state index in [1.54, 1.807) is 4.90 Å². The highest BCUT2D eigenvalue weighted by molar-refractivity contribution is 6.06. The Morgan fingerprint density at radius 2 is 1.93 bits per heavy atom. The van der Waals surface area contributed by atoms with Gasteiger partial charge in [-0.25, -0.2) is 9.97 Å². The lowest BCUT2D eigenvalue weighted by Gasteiger charge is -2.33. The highest BCUT2D eigenvalue weighted by atomic mass is 19.4. The van der Waals surface area contributed by atoms with E-state index in [-0.39, 0.29) is 30.4 Å². The molecule has 0 spiro atoms. The molecule has 30 heavy (non-hydrogen) atoms. The van der Waals surface area contributed by atoms with Crippen LogP contribution in [-0.4, -0.2) is 27.4 Å². The SMILES string of the molecule is Nc1ncc2c(n1)CCN(c1c(NC(=O)c3ccncc3)cccc1C(F)(F)F)C2. The van der Waals surface area contributed by atoms with Crippen LogP contribution in [0.15, 0.2) is 48.9 Å². The Morgan fingerprint density at radius 3 is 2.67 bits per heavy atom. The molecular weight excluding hydrogens is 397 g/mol. The van der Waals surface area contributed by atoms with Crippen LogP contribution in [0.4, 0.5) is 30.5 Å². The molecule has 4 rings (SSSR count). The first-order chi connectivity index (χ1) is 14.3. The van der Waals surface area contributed by atoms with Gasteiger partial charge in [-0.1, -0.05) is 6.07 Å². The first-order valence-electron chi connectivity index (χ1n) is 9.10. The average Bonchev–Trinajstić information content (AvgIpc) is 2.73. The molecular formula is C20H17F3N6O. The number of hydrogen-bond donors (Lipinski definition) is 2. The molecule has 0 atom stereocenters. The number of benzene rings is 1. The van der Waals surface area contributed by atoms with E-state index in [1.165, 1.54) is 42.9 Å². The quantitative estimate of drug-likeness (QED) is 0.683. The van der Waals surface area contributed by atoms with Gasteiger partial charge in [0.15, 0.2) is 0 Å². The van der Waals surface area contributed by atoms with E-state index in [2.05, 4.69) is 20.3 Å². The number of aromatic nitrogens is 3. The third-order valence-corrected chi connectivity index (χ3v) is 4.80. The molecule has 0 radical (unpaired) electrons. The van der Waals surface area contributed by atoms with E-state index < -0.39 is 17.6 Å². The Morgan fingerprint density at radius 1 is 1.17 bits per heavy atom. The van der Waals surface area contributed by atoms with Crippen molar-refractivity contribution in [1.82, 2.24) is 15.0 Å². The molecule has 2 aromatic heterocycles. The number of carbonyl (C=O) groups excluding carboxylic acids is 1. The highest BCUT2D eigenvalue weighted by Crippen LogP contribution is 2.42. The van der Waals surface area contributed by atoms with Crippen molar-refractivity contribution in [3.8, 4) is 0 Å². The van der Waals surface area contributed by atoms with Crippen molar-refractivity contribution in [1.29, 1.82) is 0 Å². The van der Waals surface area contributed by atoms with Crippen molar-refractivity contribution in [2.45, 2.75) is 19.1 Å². The number of fused-ring (bicyclic) bond motifs is 1. The first kappa shape index (κ1) is 19.6. The van der Waals surface area contributed by atoms with Crippen LogP contribution < -0.4 is 16.0 Å². The summed E-state index contributed by atoms with van der Waals surface area (Å²) in [5, 5.41) is 2.61. The van der Waals surface area contributed by atoms with E-state index in [4.69, 9.17) is 5.73 Å². The van der Waals surface area contributed by atoms with E-state index in [1.807, 2.05) is 0 Å². The number of nitrogens with two attached hydrogens (primary N) is 1. The Kier molecular flexibility index (Phi) is 4.98. The summed E-state index contributed by atoms with van der Waals surface area (Å²) < 4.78 is 41.4. The second-order valence-corrected chi connectivity index (χ2v) is 6.76. The fraction of sp³-hybridized carbons (Fsp3) is 0.200. The van der Waals surface area contributed by atoms with E-state index >= 15 is 0 Å². The number of rotatable bonds is 3. The molecule has 1 aliphatic rings. The molecule has 3 aromatic rings. The predicted octanol–water partition coefficient (Wildman–Crippen LogP) is 3.29. The molecule has 7 nitrogen and oxygen atoms in total. The topological polar surface area (TPSA) is 97.0 Å². The molecule has 0 bridgehead atoms. The van der Waals surface area contributed by atoms with Gasteiger partial charge in [-0.05, 0) is 24.3 Å². The second kappa shape index (κ2) is 7.62. The molecule has 0 saturated heterocycles. The number of nitrogens with one attached hydrogen (secondary N) is 1. The Labute approximate surface area is 169 Å². The molecule has 0 aliphatic carbocycles. The zero-order valence-electron chi connectivity index (χ0n) is 15.6. The van der Waals surface area contributed by atoms with Crippen LogP contribution in [0.2, 0.25) is 0 Å². The van der Waals surface area contributed by atoms with Crippen LogP contribution >= 0.6 is 0 Å². The van der Waals surface area contributed by atoms with Gasteiger partial charge in [-0.3, -0.25) is 9.78 Å². The number of carbonyl (C=O) groups is 1. The lowest BCUT2D eigenvalue weighted by molar-refractivity contribution is -0.137. The highest BCUT2D eigenvalue weighted by Gasteiger charge is 2.37. The minimum absolute atomic E-state index is 0.0754. The summed E-state index contributed by atoms with van der Waals surface area (Å²) in [5.41, 5.74) is 6.47. The standard InChI is InChI=1S/C20H17F3N6O/c21-20(22,23)14-2-1-3-16(27-18(30)12-4-7-25-8-5-12)17(14)29-9-6-15-13(11-29)10-26-19(24)28-15/h1-5,7-8,10H,6,9,11H2,(H,27,30)(H2,24,26,28). The molecule has 1 aliphatic heterocycles. The van der Waals surface area contributed by atoms with Crippen molar-refractivity contribution >= 4 is 23.2 Å². The van der Waals surface area contributed by atoms with Crippen molar-refractivity contribution in [2.24, 2.45) is 0 Å². The van der Waals surface area contributed by atoms with Crippen LogP contribution in [0, 0.1) is 0 Å². The molecule has 0 unspecified atom stereocenters. The van der Waals surface area contributed by atoms with Gasteiger partial charge in [-0.2, -0.15) is 13.2 Å². The number of alkyl halides is 3. The summed E-state index contributed by atoms with van der Waals surface area (Å²) in [6.07, 6.45) is 0.219. The monoisotopic (exact) mass is 414 g/mol. The van der Waals surface area contributed by atoms with Crippen LogP contribution in [0.25, 0.3) is 0 Å². The van der Waals surface area contributed by atoms with Gasteiger partial charge >= 0.3 is 6.18 Å². The summed E-state index contributed by atoms with van der Waals surface area (Å²) in [6.45, 7) is 0.454. The second-order valence-electron chi connectivity index (χ2n) is 6.76. The molecule has 0 saturated carbocycles. The van der Waals surface area contributed by atoms with Crippen LogP contribution in [0.1, 0.15) is 27.2 Å². The van der Waals surface area contributed by atoms with Crippen molar-refractivity contribution in [3.63, 3.8) is 0 Å². The number of nitrogens with zero attached hydrogens (tertiary/aromatic N) is 4. The zero-order chi connectivity index (χ0) is 21.3. The van der Waals surface area contributed by atoms with Gasteiger partial charge in [0.2, 0.25) is 5.95 Å². The lowest BCUT2D eigenvalue weighted by Crippen LogP contribution is -2.34. The van der Waals surface area contributed by atoms with Gasteiger partial charge in [0, 0.05) is 49.2 Å². The van der Waals surface area contributed by atoms with Gasteiger partial charge in [0.1, 0.15) is 0 Å². The van der Waals surface area contributed by atoms with Crippen molar-refractivity contribution in [3.05, 3.63) is 71.3 Å². The van der Waals surface area contributed by atoms with Crippen LogP contribution in [0.3, 0.4) is 0 Å². The maximum atomic E-state index is 13.8. The van der Waals surface area contributed by atoms with Crippen LogP contribution in [0.5, 0.6) is 0 Å². The number of para-hydroxylation sites is 1. The first-order valence-corrected chi connectivity index (χ1v) is 9.10. The number of hydrogen-bond acceptors (Lipinski definition) is 6. The fourth-order valence-corrected chi connectivity index (χ4v) is 3.43. The molecule has 1 amide bonds. The molecule has 10 heteroatoms. The Hall–Kier alpha value is -3.69. The summed E-state index contributed by atoms with van der Waals surface area (Å²) in [6, 6.07) is 6.71. The van der Waals surface area contributed by atoms with Gasteiger partial charge in [0.05, 0.1) is 22.6 Å². The Bertz CT molecular complexity index is 1090. The molecule has 154 valence electrons. The number of pyridine rings is 1. The predicted molar refractivity (Wildman–Crippen MR) is 105 cm³/mol. The van der Waals surface area contributed by atoms with Gasteiger partial charge < -0.3 is 16.0 Å². The Balaban J connectivity index is 1.73. The third kappa shape index (κ3) is 3.88. The number of amides is 1.